The quantitative estimate of drug-likeness (QED) is 0.176. The molecule has 204 valence electrons. The van der Waals surface area contributed by atoms with Crippen molar-refractivity contribution in [2.75, 3.05) is 0 Å². The summed E-state index contributed by atoms with van der Waals surface area (Å²) in [4.78, 5) is 0. The third-order valence-corrected chi connectivity index (χ3v) is 6.20. The van der Waals surface area contributed by atoms with E-state index in [0.29, 0.717) is 5.75 Å². The summed E-state index contributed by atoms with van der Waals surface area (Å²) in [5.74, 6) is 0.399. The monoisotopic (exact) mass is 596 g/mol. The molecule has 0 atom stereocenters. The molecule has 0 heterocycles. The van der Waals surface area contributed by atoms with E-state index in [9.17, 15) is 5.11 Å². The number of hydrogen-bond donors (Lipinski definition) is 1. The van der Waals surface area contributed by atoms with Crippen LogP contribution in [-0.4, -0.2) is 8.31 Å². The largest absolute Gasteiger partial charge is 0.165 e. The number of phenolic OH excluding ortho intramolecular Hbond substituents is 1. The SMILES string of the molecule is CC(C)(C)c1ccc(O)c(C(C)(C)C)c1.C[C](C)=[Zr+2].Cc1cc2ccccc2[cH-]1.Cc1cc2ccccc2[cH-]1. The molecule has 0 aromatic heterocycles. The second kappa shape index (κ2) is 14.2. The summed E-state index contributed by atoms with van der Waals surface area (Å²) in [5, 5.41) is 15.2. The van der Waals surface area contributed by atoms with Crippen LogP contribution in [0.25, 0.3) is 21.5 Å². The van der Waals surface area contributed by atoms with Crippen molar-refractivity contribution in [1.29, 1.82) is 0 Å². The predicted molar refractivity (Wildman–Crippen MR) is 170 cm³/mol. The molecule has 1 N–H and O–H groups in total. The average molecular weight is 598 g/mol. The van der Waals surface area contributed by atoms with E-state index in [4.69, 9.17) is 0 Å². The van der Waals surface area contributed by atoms with Crippen LogP contribution in [0.3, 0.4) is 0 Å². The van der Waals surface area contributed by atoms with Gasteiger partial charge in [-0.25, -0.2) is 0 Å². The minimum atomic E-state index is -0.00859. The zero-order chi connectivity index (χ0) is 29.4. The van der Waals surface area contributed by atoms with E-state index < -0.39 is 0 Å². The van der Waals surface area contributed by atoms with Gasteiger partial charge in [0.2, 0.25) is 0 Å². The zero-order valence-corrected chi connectivity index (χ0v) is 28.1. The number of aromatic hydroxyl groups is 1. The molecule has 0 amide bonds. The maximum Gasteiger partial charge on any atom is -0.0579 e. The Morgan fingerprint density at radius 1 is 0.641 bits per heavy atom. The van der Waals surface area contributed by atoms with E-state index in [2.05, 4.69) is 148 Å². The van der Waals surface area contributed by atoms with Crippen molar-refractivity contribution in [3.8, 4) is 5.75 Å². The average Bonchev–Trinajstić information content (AvgIpc) is 3.38. The van der Waals surface area contributed by atoms with Gasteiger partial charge in [-0.3, -0.25) is 0 Å². The second-order valence-electron chi connectivity index (χ2n) is 12.6. The van der Waals surface area contributed by atoms with Crippen molar-refractivity contribution in [3.63, 3.8) is 0 Å². The summed E-state index contributed by atoms with van der Waals surface area (Å²) < 4.78 is 1.51. The molecule has 0 spiro atoms. The van der Waals surface area contributed by atoms with Gasteiger partial charge >= 0.3 is 41.3 Å². The van der Waals surface area contributed by atoms with Crippen LogP contribution in [0.1, 0.15) is 77.6 Å². The zero-order valence-electron chi connectivity index (χ0n) is 25.6. The third-order valence-electron chi connectivity index (χ3n) is 6.20. The van der Waals surface area contributed by atoms with Gasteiger partial charge in [-0.05, 0) is 28.0 Å². The molecule has 5 aromatic rings. The third kappa shape index (κ3) is 10.8. The minimum Gasteiger partial charge on any atom is -0.165 e. The summed E-state index contributed by atoms with van der Waals surface area (Å²) in [6, 6.07) is 31.6. The molecule has 0 aliphatic heterocycles. The fourth-order valence-corrected chi connectivity index (χ4v) is 4.22. The molecule has 0 unspecified atom stereocenters. The summed E-state index contributed by atoms with van der Waals surface area (Å²) >= 11 is 1.55. The number of benzene rings is 3. The number of fused-ring (bicyclic) bond motifs is 2. The van der Waals surface area contributed by atoms with Crippen LogP contribution in [0.2, 0.25) is 0 Å². The molecule has 1 nitrogen and oxygen atoms in total. The molecule has 0 radical (unpaired) electrons. The van der Waals surface area contributed by atoms with Gasteiger partial charge in [-0.1, -0.05) is 79.7 Å². The van der Waals surface area contributed by atoms with Gasteiger partial charge in [0.25, 0.3) is 0 Å². The first-order valence-corrected chi connectivity index (χ1v) is 14.9. The van der Waals surface area contributed by atoms with Crippen molar-refractivity contribution in [3.05, 3.63) is 113 Å². The number of hydrogen-bond acceptors (Lipinski definition) is 1. The Bertz CT molecular complexity index is 1340. The predicted octanol–water partition coefficient (Wildman–Crippen LogP) is 10.5. The summed E-state index contributed by atoms with van der Waals surface area (Å²) in [5.41, 5.74) is 5.11. The first-order chi connectivity index (χ1) is 18.1. The Balaban J connectivity index is 0.000000196. The molecule has 39 heavy (non-hydrogen) atoms. The number of rotatable bonds is 0. The van der Waals surface area contributed by atoms with Gasteiger partial charge in [-0.2, -0.15) is 12.1 Å². The van der Waals surface area contributed by atoms with E-state index >= 15 is 0 Å². The smallest absolute Gasteiger partial charge is 0.0579 e. The molecule has 0 aliphatic carbocycles. The fraction of sp³-hybridized carbons (Fsp3) is 0.324. The van der Waals surface area contributed by atoms with Gasteiger partial charge in [0.1, 0.15) is 5.75 Å². The minimum absolute atomic E-state index is 0.00859. The van der Waals surface area contributed by atoms with Crippen LogP contribution in [0.4, 0.5) is 0 Å². The molecule has 0 bridgehead atoms. The topological polar surface area (TPSA) is 20.2 Å². The van der Waals surface area contributed by atoms with Crippen LogP contribution in [0.15, 0.2) is 91.0 Å². The van der Waals surface area contributed by atoms with E-state index in [1.165, 1.54) is 41.4 Å². The van der Waals surface area contributed by atoms with Crippen molar-refractivity contribution < 1.29 is 29.3 Å². The summed E-state index contributed by atoms with van der Waals surface area (Å²) in [6.07, 6.45) is 0. The first kappa shape index (κ1) is 32.6. The van der Waals surface area contributed by atoms with Crippen LogP contribution < -0.4 is 0 Å². The van der Waals surface area contributed by atoms with E-state index in [1.807, 2.05) is 6.07 Å². The van der Waals surface area contributed by atoms with Gasteiger partial charge < -0.3 is 5.11 Å². The Labute approximate surface area is 252 Å². The van der Waals surface area contributed by atoms with E-state index in [-0.39, 0.29) is 10.8 Å². The molecule has 0 aliphatic rings. The standard InChI is InChI=1S/C14H22O.2C10H9.C3H6.Zr/c1-13(2,3)10-7-8-12(15)11(9-10)14(4,5)6;2*1-8-6-9-4-2-3-5-10(9)7-8;1-3-2;/h7-9,15H,1-6H3;2*2-7H,1H3;1-2H3;/q;2*-1;;+2. The van der Waals surface area contributed by atoms with Crippen LogP contribution in [0.5, 0.6) is 5.75 Å². The first-order valence-electron chi connectivity index (χ1n) is 13.7. The van der Waals surface area contributed by atoms with Crippen molar-refractivity contribution in [1.82, 2.24) is 0 Å². The van der Waals surface area contributed by atoms with Crippen molar-refractivity contribution >= 4 is 24.8 Å². The molecule has 0 saturated carbocycles. The molecular weight excluding hydrogens is 552 g/mol. The Morgan fingerprint density at radius 3 is 1.41 bits per heavy atom. The fourth-order valence-electron chi connectivity index (χ4n) is 4.22. The molecule has 0 fully saturated rings. The maximum absolute atomic E-state index is 9.84. The van der Waals surface area contributed by atoms with E-state index in [0.717, 1.165) is 5.56 Å². The molecule has 0 saturated heterocycles. The van der Waals surface area contributed by atoms with Crippen molar-refractivity contribution in [2.45, 2.75) is 80.1 Å². The van der Waals surface area contributed by atoms with Crippen LogP contribution in [-0.2, 0) is 35.1 Å². The maximum atomic E-state index is 9.84. The molecule has 5 rings (SSSR count). The van der Waals surface area contributed by atoms with Crippen molar-refractivity contribution in [2.24, 2.45) is 0 Å². The van der Waals surface area contributed by atoms with Gasteiger partial charge in [-0.15, -0.1) is 81.2 Å². The van der Waals surface area contributed by atoms with Crippen LogP contribution in [0, 0.1) is 13.8 Å². The second-order valence-corrected chi connectivity index (χ2v) is 15.0. The molecular formula is C37H46OZr. The Hall–Kier alpha value is -2.57. The van der Waals surface area contributed by atoms with Crippen LogP contribution >= 0.6 is 0 Å². The number of aryl methyl sites for hydroxylation is 2. The van der Waals surface area contributed by atoms with E-state index in [1.54, 1.807) is 30.3 Å². The Kier molecular flexibility index (Phi) is 11.9. The Morgan fingerprint density at radius 2 is 1.05 bits per heavy atom. The van der Waals surface area contributed by atoms with Gasteiger partial charge in [0.05, 0.1) is 0 Å². The summed E-state index contributed by atoms with van der Waals surface area (Å²) in [6.45, 7) is 21.4. The van der Waals surface area contributed by atoms with Gasteiger partial charge in [0, 0.05) is 0 Å². The van der Waals surface area contributed by atoms with Gasteiger partial charge in [0.15, 0.2) is 0 Å². The summed E-state index contributed by atoms with van der Waals surface area (Å²) in [7, 11) is 0. The molecule has 5 aromatic carbocycles. The normalized spacial score (nSPS) is 11.1. The molecule has 2 heteroatoms. The number of phenols is 1.